The summed E-state index contributed by atoms with van der Waals surface area (Å²) in [7, 11) is 5.03. The van der Waals surface area contributed by atoms with Crippen molar-refractivity contribution in [3.63, 3.8) is 0 Å². The second-order valence-electron chi connectivity index (χ2n) is 30.1. The Labute approximate surface area is 727 Å². The van der Waals surface area contributed by atoms with Crippen LogP contribution in [0.15, 0.2) is 121 Å². The van der Waals surface area contributed by atoms with E-state index in [1.54, 1.807) is 76.2 Å². The van der Waals surface area contributed by atoms with Crippen LogP contribution in [-0.4, -0.2) is 253 Å². The number of carbonyl (C=O) groups is 13. The van der Waals surface area contributed by atoms with Crippen molar-refractivity contribution in [1.29, 1.82) is 0 Å². The molecular formula is C84H116LiN7O31. The zero-order valence-corrected chi connectivity index (χ0v) is 72.6. The van der Waals surface area contributed by atoms with Gasteiger partial charge in [-0.15, -0.1) is 0 Å². The third-order valence-electron chi connectivity index (χ3n) is 17.1. The molecule has 4 aromatic rings. The molecule has 5 fully saturated rings. The zero-order valence-electron chi connectivity index (χ0n) is 72.6. The number of ether oxygens (including phenoxy) is 12. The molecule has 0 spiro atoms. The number of alkyl carbamates (subject to hydrolysis) is 1. The molecule has 5 aliphatic heterocycles. The van der Waals surface area contributed by atoms with Gasteiger partial charge in [-0.3, -0.25) is 39.3 Å². The number of hydrogen-bond donors (Lipinski definition) is 3. The smallest absolute Gasteiger partial charge is 0.870 e. The Hall–Kier alpha value is -11.6. The van der Waals surface area contributed by atoms with E-state index in [4.69, 9.17) is 72.3 Å². The SMILES string of the molecule is C1CCOC1.CCC(=O)N(C(=O)OC(C)(C)C)[C@@H]1C[C@@H](C(=O)OC)N(C(=O)OCc2ccccc2)C1.CCC(=O)NC(=O)OC(C)(C)C.COC(=O)[C@@H]1C[C@@H](CC(=O)OC(C)(C)C)CN1C(=O)OCc1ccccc1.COC(=O)[C@@H]1C[C@@H](N)CN1C(=O)OCc1ccccc1.COC(=O)[C@@H]1C[C@H](O)CN1C(=O)OCc1ccccc1.O=C=O.O=C=O.[Li+].[OH-]. The molecule has 5 aliphatic rings. The number of hydrogen-bond acceptors (Lipinski definition) is 32. The minimum Gasteiger partial charge on any atom is -0.870 e. The van der Waals surface area contributed by atoms with Gasteiger partial charge in [0.1, 0.15) is 67.4 Å². The Morgan fingerprint density at radius 3 is 1.11 bits per heavy atom. The average molecular weight is 1730 g/mol. The number of imide groups is 2. The standard InChI is InChI=1S/C22H30N2O7.C20H27NO6.C14H18N2O4.C14H17NO5.C8H15NO3.C4H8O.2CO2.Li.H2O/c1-6-18(25)24(21(28)31-22(2,3)4)16-12-17(19(26)29-5)23(13-16)20(27)30-14-15-10-8-7-9-11-15;1-20(2,3)27-17(22)11-15-10-16(18(23)25-4)21(12-15)19(24)26-13-14-8-6-5-7-9-14;1-19-13(17)12-7-11(15)8-16(12)14(18)20-9-10-5-3-2-4-6-10;1-19-13(17)12-7-11(16)8-15(12)14(18)20-9-10-5-3-2-4-6-10;1-5-6(10)9-7(11)12-8(2,3)4;1-2-4-5-3-1;2*2-1-3;;/h7-11,16-17H,6,12-14H2,1-5H3;5-9,15-16H,10-13H2,1-4H3;2-6,11-12H,7-9,15H2,1H3;2-6,11-12,16H,7-9H2,1H3;5H2,1-4H3,(H,9,10,11);1-4H2;;;;1H2/q;;;;;;;;+1;/p-1/t16-,17+;15-,16-;11-,12+;11-,12-;;;;;;/m1010....../s1. The molecule has 8 atom stereocenters. The molecule has 38 nitrogen and oxygen atoms in total. The van der Waals surface area contributed by atoms with Crippen molar-refractivity contribution in [3.8, 4) is 0 Å². The fourth-order valence-electron chi connectivity index (χ4n) is 11.8. The third-order valence-corrected chi connectivity index (χ3v) is 17.1. The van der Waals surface area contributed by atoms with Gasteiger partial charge < -0.3 is 73.2 Å². The van der Waals surface area contributed by atoms with E-state index >= 15 is 0 Å². The number of nitrogens with two attached hydrogens (primary N) is 1. The van der Waals surface area contributed by atoms with E-state index in [9.17, 15) is 67.4 Å². The van der Waals surface area contributed by atoms with Gasteiger partial charge in [0.2, 0.25) is 11.8 Å². The van der Waals surface area contributed by atoms with Crippen molar-refractivity contribution in [1.82, 2.24) is 29.8 Å². The van der Waals surface area contributed by atoms with Gasteiger partial charge in [0.25, 0.3) is 0 Å². The number of aliphatic hydroxyl groups is 1. The molecule has 9 rings (SSSR count). The number of likely N-dealkylation sites (tertiary alicyclic amines) is 4. The van der Waals surface area contributed by atoms with Crippen LogP contribution in [0.4, 0.5) is 28.8 Å². The van der Waals surface area contributed by atoms with Crippen LogP contribution >= 0.6 is 0 Å². The first-order chi connectivity index (χ1) is 57.2. The molecule has 0 unspecified atom stereocenters. The fraction of sp³-hybridized carbons (Fsp3) is 0.536. The minimum atomic E-state index is -0.979. The summed E-state index contributed by atoms with van der Waals surface area (Å²) in [6.07, 6.45) is -0.243. The van der Waals surface area contributed by atoms with Crippen molar-refractivity contribution in [2.75, 3.05) is 67.8 Å². The predicted octanol–water partition coefficient (Wildman–Crippen LogP) is 5.77. The molecule has 8 amide bonds. The zero-order chi connectivity index (χ0) is 91.0. The number of esters is 5. The first kappa shape index (κ1) is 111. The van der Waals surface area contributed by atoms with E-state index in [1.165, 1.54) is 60.9 Å². The molecule has 4 aromatic carbocycles. The van der Waals surface area contributed by atoms with Crippen molar-refractivity contribution < 1.29 is 168 Å². The fourth-order valence-corrected chi connectivity index (χ4v) is 11.8. The molecule has 0 saturated carbocycles. The molecule has 39 heteroatoms. The summed E-state index contributed by atoms with van der Waals surface area (Å²) in [6.45, 7) is 22.0. The first-order valence-electron chi connectivity index (χ1n) is 38.7. The second-order valence-corrected chi connectivity index (χ2v) is 30.1. The number of nitrogens with one attached hydrogen (secondary N) is 1. The quantitative estimate of drug-likeness (QED) is 0.0642. The van der Waals surface area contributed by atoms with Crippen molar-refractivity contribution in [2.45, 2.75) is 220 Å². The molecule has 0 radical (unpaired) electrons. The van der Waals surface area contributed by atoms with Crippen LogP contribution in [0.2, 0.25) is 0 Å². The summed E-state index contributed by atoms with van der Waals surface area (Å²) >= 11 is 0. The molecule has 5 saturated heterocycles. The summed E-state index contributed by atoms with van der Waals surface area (Å²) in [6, 6.07) is 32.8. The summed E-state index contributed by atoms with van der Waals surface area (Å²) in [4.78, 5) is 194. The van der Waals surface area contributed by atoms with Gasteiger partial charge in [-0.25, -0.2) is 52.8 Å². The Balaban J connectivity index is 0.00000149. The second kappa shape index (κ2) is 58.4. The maximum absolute atomic E-state index is 12.7. The Morgan fingerprint density at radius 1 is 0.463 bits per heavy atom. The van der Waals surface area contributed by atoms with Crippen LogP contribution in [0, 0.1) is 5.92 Å². The van der Waals surface area contributed by atoms with E-state index in [1.807, 2.05) is 121 Å². The summed E-state index contributed by atoms with van der Waals surface area (Å²) < 4.78 is 60.5. The molecule has 0 aromatic heterocycles. The molecular weight excluding hydrogens is 1610 g/mol. The average Bonchev–Trinajstić information content (AvgIpc) is 1.66. The van der Waals surface area contributed by atoms with Crippen LogP contribution in [-0.2, 0) is 136 Å². The number of methoxy groups -OCH3 is 4. The van der Waals surface area contributed by atoms with Gasteiger partial charge in [-0.2, -0.15) is 19.2 Å². The van der Waals surface area contributed by atoms with Gasteiger partial charge in [0.05, 0.1) is 53.6 Å². The van der Waals surface area contributed by atoms with E-state index < -0.39 is 119 Å². The van der Waals surface area contributed by atoms with E-state index in [0.717, 1.165) is 40.4 Å². The number of β-amino-alcohol motifs (C(OH)–C–C–N with tert-alkyl or cyclic N) is 1. The molecule has 5 N–H and O–H groups in total. The minimum absolute atomic E-state index is 0. The maximum Gasteiger partial charge on any atom is 1.00 e. The predicted molar refractivity (Wildman–Crippen MR) is 427 cm³/mol. The van der Waals surface area contributed by atoms with Crippen LogP contribution in [0.3, 0.4) is 0 Å². The van der Waals surface area contributed by atoms with E-state index in [0.29, 0.717) is 19.4 Å². The van der Waals surface area contributed by atoms with Gasteiger partial charge >= 0.3 is 97.6 Å². The molecule has 5 heterocycles. The first-order valence-corrected chi connectivity index (χ1v) is 38.7. The largest absolute Gasteiger partial charge is 1.00 e. The van der Waals surface area contributed by atoms with Gasteiger partial charge in [-0.1, -0.05) is 135 Å². The van der Waals surface area contributed by atoms with Crippen molar-refractivity contribution >= 4 is 90.5 Å². The summed E-state index contributed by atoms with van der Waals surface area (Å²) in [5, 5.41) is 11.7. The van der Waals surface area contributed by atoms with Crippen LogP contribution in [0.5, 0.6) is 0 Å². The number of rotatable bonds is 17. The Bertz CT molecular complexity index is 3870. The number of aliphatic hydroxyl groups excluding tert-OH is 1. The number of nitrogens with zero attached hydrogens (tertiary/aromatic N) is 5. The topological polar surface area (TPSA) is 505 Å². The monoisotopic (exact) mass is 1730 g/mol. The third kappa shape index (κ3) is 43.6. The van der Waals surface area contributed by atoms with Crippen LogP contribution in [0.25, 0.3) is 0 Å². The Morgan fingerprint density at radius 2 is 0.789 bits per heavy atom. The van der Waals surface area contributed by atoms with Gasteiger partial charge in [0, 0.05) is 64.6 Å². The number of amides is 8. The van der Waals surface area contributed by atoms with Crippen molar-refractivity contribution in [2.24, 2.45) is 11.7 Å². The van der Waals surface area contributed by atoms with E-state index in [2.05, 4.69) is 14.8 Å². The summed E-state index contributed by atoms with van der Waals surface area (Å²) in [5.41, 5.74) is 7.24. The summed E-state index contributed by atoms with van der Waals surface area (Å²) in [5.74, 6) is -3.49. The van der Waals surface area contributed by atoms with Crippen LogP contribution in [0.1, 0.15) is 156 Å². The molecule has 0 aliphatic carbocycles. The molecule has 123 heavy (non-hydrogen) atoms. The normalized spacial score (nSPS) is 18.1. The number of carbonyl (C=O) groups excluding carboxylic acids is 17. The maximum atomic E-state index is 12.7. The van der Waals surface area contributed by atoms with Gasteiger partial charge in [-0.05, 0) is 116 Å². The Kier molecular flexibility index (Phi) is 52.9. The molecule has 0 bridgehead atoms. The molecule has 674 valence electrons. The van der Waals surface area contributed by atoms with Crippen LogP contribution < -0.4 is 29.9 Å². The van der Waals surface area contributed by atoms with Gasteiger partial charge in [0.15, 0.2) is 0 Å². The number of benzene rings is 4. The van der Waals surface area contributed by atoms with Crippen molar-refractivity contribution in [3.05, 3.63) is 144 Å². The van der Waals surface area contributed by atoms with E-state index in [-0.39, 0.29) is 139 Å².